The molecule has 0 aliphatic carbocycles. The average molecular weight is 483 g/mol. The molecule has 2 saturated heterocycles. The van der Waals surface area contributed by atoms with Crippen LogP contribution in [0.15, 0.2) is 36.7 Å². The number of fused-ring (bicyclic) bond motifs is 1. The Balaban J connectivity index is 1.17. The first-order chi connectivity index (χ1) is 15.6. The topological polar surface area (TPSA) is 76.3 Å². The summed E-state index contributed by atoms with van der Waals surface area (Å²) in [5.41, 5.74) is 1.24. The molecule has 5 rings (SSSR count). The van der Waals surface area contributed by atoms with Gasteiger partial charge in [0.05, 0.1) is 24.1 Å². The van der Waals surface area contributed by atoms with E-state index < -0.39 is 24.6 Å². The fourth-order valence-electron chi connectivity index (χ4n) is 4.59. The van der Waals surface area contributed by atoms with E-state index in [1.165, 1.54) is 11.1 Å². The van der Waals surface area contributed by atoms with E-state index in [2.05, 4.69) is 20.6 Å². The number of benzene rings is 1. The first kappa shape index (κ1) is 21.8. The lowest BCUT2D eigenvalue weighted by Gasteiger charge is -2.60. The van der Waals surface area contributed by atoms with E-state index in [1.807, 2.05) is 0 Å². The first-order valence-electron chi connectivity index (χ1n) is 10.1. The molecule has 2 aromatic heterocycles. The molecule has 4 heterocycles. The van der Waals surface area contributed by atoms with Gasteiger partial charge in [-0.1, -0.05) is 11.6 Å². The smallest absolute Gasteiger partial charge is 0.359 e. The number of pyridine rings is 1. The molecule has 174 valence electrons. The minimum atomic E-state index is -4.21. The van der Waals surface area contributed by atoms with Crippen molar-refractivity contribution < 1.29 is 22.4 Å². The second-order valence-corrected chi connectivity index (χ2v) is 9.05. The first-order valence-corrected chi connectivity index (χ1v) is 10.5. The highest BCUT2D eigenvalue weighted by molar-refractivity contribution is 6.31. The minimum absolute atomic E-state index is 0.118. The molecule has 2 aliphatic heterocycles. The number of likely N-dealkylation sites (tertiary alicyclic amines) is 1. The third-order valence-corrected chi connectivity index (χ3v) is 6.08. The minimum Gasteiger partial charge on any atom is -0.359 e. The van der Waals surface area contributed by atoms with Crippen molar-refractivity contribution in [2.24, 2.45) is 5.41 Å². The molecule has 0 bridgehead atoms. The summed E-state index contributed by atoms with van der Waals surface area (Å²) in [6.07, 6.45) is -1.25. The maximum atomic E-state index is 14.6. The number of urea groups is 1. The molecular weight excluding hydrogens is 464 g/mol. The lowest BCUT2D eigenvalue weighted by molar-refractivity contribution is -0.172. The van der Waals surface area contributed by atoms with Gasteiger partial charge in [-0.15, -0.1) is 0 Å². The summed E-state index contributed by atoms with van der Waals surface area (Å²) in [7, 11) is 0. The summed E-state index contributed by atoms with van der Waals surface area (Å²) in [4.78, 5) is 22.5. The monoisotopic (exact) mass is 482 g/mol. The summed E-state index contributed by atoms with van der Waals surface area (Å²) in [6, 6.07) is 5.81. The van der Waals surface area contributed by atoms with Crippen molar-refractivity contribution in [3.63, 3.8) is 0 Å². The van der Waals surface area contributed by atoms with E-state index in [1.54, 1.807) is 29.3 Å². The van der Waals surface area contributed by atoms with Gasteiger partial charge in [-0.3, -0.25) is 4.90 Å². The van der Waals surface area contributed by atoms with Crippen LogP contribution in [0.5, 0.6) is 0 Å². The van der Waals surface area contributed by atoms with Crippen molar-refractivity contribution in [3.8, 4) is 0 Å². The van der Waals surface area contributed by atoms with Crippen molar-refractivity contribution in [2.45, 2.75) is 6.18 Å². The zero-order chi connectivity index (χ0) is 23.4. The van der Waals surface area contributed by atoms with Crippen molar-refractivity contribution in [1.29, 1.82) is 0 Å². The van der Waals surface area contributed by atoms with E-state index in [0.717, 1.165) is 17.0 Å². The van der Waals surface area contributed by atoms with Gasteiger partial charge in [-0.25, -0.2) is 14.2 Å². The lowest BCUT2D eigenvalue weighted by Crippen LogP contribution is -2.73. The van der Waals surface area contributed by atoms with Crippen LogP contribution in [0.3, 0.4) is 0 Å². The number of carbonyl (C=O) groups excluding carboxylic acids is 1. The Kier molecular flexibility index (Phi) is 5.13. The molecular formula is C21H19ClF4N6O. The van der Waals surface area contributed by atoms with Gasteiger partial charge >= 0.3 is 12.2 Å². The summed E-state index contributed by atoms with van der Waals surface area (Å²) < 4.78 is 52.0. The SMILES string of the molecule is O=C(Nc1cnc(N2CC3(CN(CC(F)(F)F)C3)C2)c(F)c1)Nc1c[nH]c2ccc(Cl)cc12. The lowest BCUT2D eigenvalue weighted by atomic mass is 9.73. The third kappa shape index (κ3) is 4.42. The Labute approximate surface area is 190 Å². The molecule has 2 aliphatic rings. The number of alkyl halides is 3. The molecule has 0 radical (unpaired) electrons. The van der Waals surface area contributed by atoms with Gasteiger partial charge in [0.25, 0.3) is 0 Å². The van der Waals surface area contributed by atoms with Crippen LogP contribution in [0.25, 0.3) is 10.9 Å². The zero-order valence-electron chi connectivity index (χ0n) is 17.1. The summed E-state index contributed by atoms with van der Waals surface area (Å²) in [5, 5.41) is 6.47. The van der Waals surface area contributed by atoms with Gasteiger partial charge in [0.2, 0.25) is 0 Å². The molecule has 0 saturated carbocycles. The summed E-state index contributed by atoms with van der Waals surface area (Å²) >= 11 is 6.01. The highest BCUT2D eigenvalue weighted by Gasteiger charge is 2.54. The van der Waals surface area contributed by atoms with Gasteiger partial charge < -0.3 is 20.5 Å². The maximum Gasteiger partial charge on any atom is 0.401 e. The number of amides is 2. The van der Waals surface area contributed by atoms with Gasteiger partial charge in [0.1, 0.15) is 0 Å². The second kappa shape index (κ2) is 7.77. The van der Waals surface area contributed by atoms with Gasteiger partial charge in [0, 0.05) is 59.8 Å². The van der Waals surface area contributed by atoms with Crippen LogP contribution >= 0.6 is 11.6 Å². The predicted octanol–water partition coefficient (Wildman–Crippen LogP) is 4.68. The number of hydrogen-bond donors (Lipinski definition) is 3. The van der Waals surface area contributed by atoms with Crippen LogP contribution < -0.4 is 15.5 Å². The van der Waals surface area contributed by atoms with Crippen molar-refractivity contribution in [3.05, 3.63) is 47.5 Å². The number of hydrogen-bond acceptors (Lipinski definition) is 4. The fraction of sp³-hybridized carbons (Fsp3) is 0.333. The molecule has 2 fully saturated rings. The van der Waals surface area contributed by atoms with Crippen LogP contribution in [0.2, 0.25) is 5.02 Å². The molecule has 12 heteroatoms. The Morgan fingerprint density at radius 2 is 1.94 bits per heavy atom. The molecule has 1 aromatic carbocycles. The predicted molar refractivity (Wildman–Crippen MR) is 117 cm³/mol. The number of H-pyrrole nitrogens is 1. The molecule has 0 unspecified atom stereocenters. The number of rotatable bonds is 4. The highest BCUT2D eigenvalue weighted by Crippen LogP contribution is 2.43. The number of aromatic amines is 1. The van der Waals surface area contributed by atoms with Gasteiger partial charge in [-0.05, 0) is 18.2 Å². The fourth-order valence-corrected chi connectivity index (χ4v) is 4.77. The van der Waals surface area contributed by atoms with Crippen LogP contribution in [-0.4, -0.2) is 59.8 Å². The number of nitrogens with zero attached hydrogens (tertiary/aromatic N) is 3. The molecule has 3 N–H and O–H groups in total. The third-order valence-electron chi connectivity index (χ3n) is 5.84. The van der Waals surface area contributed by atoms with E-state index in [0.29, 0.717) is 36.9 Å². The van der Waals surface area contributed by atoms with E-state index in [-0.39, 0.29) is 16.9 Å². The second-order valence-electron chi connectivity index (χ2n) is 8.62. The summed E-state index contributed by atoms with van der Waals surface area (Å²) in [6.45, 7) is 0.645. The maximum absolute atomic E-state index is 14.6. The Morgan fingerprint density at radius 3 is 2.64 bits per heavy atom. The van der Waals surface area contributed by atoms with Crippen molar-refractivity contribution >= 4 is 45.7 Å². The van der Waals surface area contributed by atoms with Crippen LogP contribution in [-0.2, 0) is 0 Å². The van der Waals surface area contributed by atoms with Crippen LogP contribution in [0, 0.1) is 11.2 Å². The normalized spacial score (nSPS) is 17.7. The van der Waals surface area contributed by atoms with Crippen molar-refractivity contribution in [2.75, 3.05) is 48.3 Å². The number of nitrogens with one attached hydrogen (secondary N) is 3. The number of anilines is 3. The molecule has 1 spiro atoms. The van der Waals surface area contributed by atoms with E-state index >= 15 is 0 Å². The largest absolute Gasteiger partial charge is 0.401 e. The molecule has 3 aromatic rings. The van der Waals surface area contributed by atoms with E-state index in [4.69, 9.17) is 11.6 Å². The molecule has 33 heavy (non-hydrogen) atoms. The number of carbonyl (C=O) groups is 1. The van der Waals surface area contributed by atoms with Crippen LogP contribution in [0.1, 0.15) is 0 Å². The molecule has 0 atom stereocenters. The van der Waals surface area contributed by atoms with E-state index in [9.17, 15) is 22.4 Å². The quantitative estimate of drug-likeness (QED) is 0.472. The molecule has 7 nitrogen and oxygen atoms in total. The summed E-state index contributed by atoms with van der Waals surface area (Å²) in [5.74, 6) is -0.500. The Hall–Kier alpha value is -3.05. The van der Waals surface area contributed by atoms with Crippen LogP contribution in [0.4, 0.5) is 39.5 Å². The average Bonchev–Trinajstić information content (AvgIpc) is 3.04. The molecule has 2 amide bonds. The number of aromatic nitrogens is 2. The standard InChI is InChI=1S/C21H19ClF4N6O/c22-12-1-2-16-14(3-12)17(6-27-16)30-19(33)29-13-4-15(23)18(28-5-13)32-9-20(10-32)7-31(8-20)11-21(24,25)26/h1-6,27H,7-11H2,(H2,29,30,33). The zero-order valence-corrected chi connectivity index (χ0v) is 17.9. The van der Waals surface area contributed by atoms with Crippen molar-refractivity contribution in [1.82, 2.24) is 14.9 Å². The van der Waals surface area contributed by atoms with Gasteiger partial charge in [-0.2, -0.15) is 13.2 Å². The highest BCUT2D eigenvalue weighted by atomic mass is 35.5. The Morgan fingerprint density at radius 1 is 1.18 bits per heavy atom. The van der Waals surface area contributed by atoms with Gasteiger partial charge in [0.15, 0.2) is 11.6 Å². The Bertz CT molecular complexity index is 1220. The number of halogens is 5.